The zero-order chi connectivity index (χ0) is 9.90. The maximum Gasteiger partial charge on any atom is 0.309 e. The van der Waals surface area contributed by atoms with Gasteiger partial charge in [-0.1, -0.05) is 11.8 Å². The molecule has 0 atom stereocenters. The van der Waals surface area contributed by atoms with E-state index in [1.807, 2.05) is 20.8 Å². The maximum absolute atomic E-state index is 11.0. The van der Waals surface area contributed by atoms with Gasteiger partial charge in [-0.2, -0.15) is 0 Å². The van der Waals surface area contributed by atoms with Crippen molar-refractivity contribution < 1.29 is 9.53 Å². The molecule has 2 nitrogen and oxygen atoms in total. The van der Waals surface area contributed by atoms with Crippen LogP contribution in [0.4, 0.5) is 0 Å². The minimum atomic E-state index is -0.0804. The predicted octanol–water partition coefficient (Wildman–Crippen LogP) is 1.99. The fourth-order valence-electron chi connectivity index (χ4n) is 0.845. The number of carbonyl (C=O) groups is 1. The maximum atomic E-state index is 11.0. The van der Waals surface area contributed by atoms with Crippen LogP contribution in [0.15, 0.2) is 0 Å². The summed E-state index contributed by atoms with van der Waals surface area (Å²) in [5.41, 5.74) is -0.00795. The predicted molar refractivity (Wildman–Crippen MR) is 50.9 cm³/mol. The Morgan fingerprint density at radius 1 is 1.46 bits per heavy atom. The molecule has 0 aromatic rings. The van der Waals surface area contributed by atoms with Crippen molar-refractivity contribution >= 4 is 5.97 Å². The molecule has 0 heterocycles. The number of hydrogen-bond donors (Lipinski definition) is 0. The highest BCUT2D eigenvalue weighted by molar-refractivity contribution is 5.75. The Bertz CT molecular complexity index is 245. The summed E-state index contributed by atoms with van der Waals surface area (Å²) in [5, 5.41) is 0. The summed E-state index contributed by atoms with van der Waals surface area (Å²) in [6.45, 7) is 6.33. The lowest BCUT2D eigenvalue weighted by molar-refractivity contribution is -0.143. The van der Waals surface area contributed by atoms with Gasteiger partial charge in [-0.3, -0.25) is 4.79 Å². The van der Waals surface area contributed by atoms with Crippen LogP contribution in [0.25, 0.3) is 0 Å². The topological polar surface area (TPSA) is 26.3 Å². The molecule has 0 aromatic heterocycles. The second-order valence-electron chi connectivity index (χ2n) is 4.43. The van der Waals surface area contributed by atoms with Crippen molar-refractivity contribution in [3.05, 3.63) is 0 Å². The SMILES string of the molecule is CC(C)(C)C#CCOC(=O)C1CC1. The minimum Gasteiger partial charge on any atom is -0.452 e. The summed E-state index contributed by atoms with van der Waals surface area (Å²) in [4.78, 5) is 11.0. The van der Waals surface area contributed by atoms with Gasteiger partial charge in [0.15, 0.2) is 6.61 Å². The molecule has 0 N–H and O–H groups in total. The molecule has 0 amide bonds. The number of esters is 1. The fraction of sp³-hybridized carbons (Fsp3) is 0.727. The Labute approximate surface area is 79.7 Å². The fourth-order valence-corrected chi connectivity index (χ4v) is 0.845. The van der Waals surface area contributed by atoms with Crippen LogP contribution in [0.2, 0.25) is 0 Å². The first-order valence-electron chi connectivity index (χ1n) is 4.66. The van der Waals surface area contributed by atoms with E-state index in [1.54, 1.807) is 0 Å². The molecule has 2 heteroatoms. The summed E-state index contributed by atoms with van der Waals surface area (Å²) < 4.78 is 4.95. The number of hydrogen-bond acceptors (Lipinski definition) is 2. The van der Waals surface area contributed by atoms with E-state index in [-0.39, 0.29) is 23.9 Å². The monoisotopic (exact) mass is 180 g/mol. The van der Waals surface area contributed by atoms with Crippen molar-refractivity contribution in [1.82, 2.24) is 0 Å². The molecule has 0 bridgehead atoms. The molecule has 0 aromatic carbocycles. The van der Waals surface area contributed by atoms with E-state index >= 15 is 0 Å². The molecule has 0 aliphatic heterocycles. The zero-order valence-electron chi connectivity index (χ0n) is 8.52. The third-order valence-electron chi connectivity index (χ3n) is 1.66. The van der Waals surface area contributed by atoms with Crippen molar-refractivity contribution in [2.45, 2.75) is 33.6 Å². The summed E-state index contributed by atoms with van der Waals surface area (Å²) >= 11 is 0. The van der Waals surface area contributed by atoms with Gasteiger partial charge in [-0.15, -0.1) is 0 Å². The largest absolute Gasteiger partial charge is 0.452 e. The van der Waals surface area contributed by atoms with Gasteiger partial charge in [0.2, 0.25) is 0 Å². The average molecular weight is 180 g/mol. The summed E-state index contributed by atoms with van der Waals surface area (Å²) in [7, 11) is 0. The molecule has 0 spiro atoms. The summed E-state index contributed by atoms with van der Waals surface area (Å²) in [5.74, 6) is 5.95. The molecule has 1 fully saturated rings. The van der Waals surface area contributed by atoms with Gasteiger partial charge in [0.25, 0.3) is 0 Å². The lowest BCUT2D eigenvalue weighted by Crippen LogP contribution is -2.07. The quantitative estimate of drug-likeness (QED) is 0.480. The van der Waals surface area contributed by atoms with E-state index in [9.17, 15) is 4.79 Å². The molecular weight excluding hydrogens is 164 g/mol. The molecule has 1 saturated carbocycles. The van der Waals surface area contributed by atoms with Crippen molar-refractivity contribution in [1.29, 1.82) is 0 Å². The number of carbonyl (C=O) groups excluding carboxylic acids is 1. The first kappa shape index (κ1) is 10.1. The average Bonchev–Trinajstić information content (AvgIpc) is 2.77. The second-order valence-corrected chi connectivity index (χ2v) is 4.43. The third-order valence-corrected chi connectivity index (χ3v) is 1.66. The summed E-state index contributed by atoms with van der Waals surface area (Å²) in [6, 6.07) is 0. The Morgan fingerprint density at radius 2 is 2.08 bits per heavy atom. The minimum absolute atomic E-state index is 0.00795. The highest BCUT2D eigenvalue weighted by Crippen LogP contribution is 2.29. The van der Waals surface area contributed by atoms with E-state index in [0.717, 1.165) is 12.8 Å². The molecule has 0 radical (unpaired) electrons. The standard InChI is InChI=1S/C11H16O2/c1-11(2,3)7-4-8-13-10(12)9-5-6-9/h9H,5-6,8H2,1-3H3. The normalized spacial score (nSPS) is 15.9. The van der Waals surface area contributed by atoms with Gasteiger partial charge in [-0.05, 0) is 33.6 Å². The van der Waals surface area contributed by atoms with E-state index in [1.165, 1.54) is 0 Å². The van der Waals surface area contributed by atoms with Crippen LogP contribution in [-0.2, 0) is 9.53 Å². The van der Waals surface area contributed by atoms with Crippen molar-refractivity contribution in [3.8, 4) is 11.8 Å². The molecule has 1 aliphatic rings. The molecule has 0 saturated heterocycles. The Hall–Kier alpha value is -0.970. The Morgan fingerprint density at radius 3 is 2.54 bits per heavy atom. The molecular formula is C11H16O2. The smallest absolute Gasteiger partial charge is 0.309 e. The van der Waals surface area contributed by atoms with E-state index in [2.05, 4.69) is 11.8 Å². The van der Waals surface area contributed by atoms with E-state index in [0.29, 0.717) is 0 Å². The highest BCUT2D eigenvalue weighted by atomic mass is 16.5. The van der Waals surface area contributed by atoms with Gasteiger partial charge in [-0.25, -0.2) is 0 Å². The second kappa shape index (κ2) is 3.83. The van der Waals surface area contributed by atoms with Gasteiger partial charge >= 0.3 is 5.97 Å². The van der Waals surface area contributed by atoms with Crippen LogP contribution in [0.1, 0.15) is 33.6 Å². The van der Waals surface area contributed by atoms with Crippen LogP contribution < -0.4 is 0 Å². The van der Waals surface area contributed by atoms with Crippen LogP contribution in [-0.4, -0.2) is 12.6 Å². The van der Waals surface area contributed by atoms with E-state index < -0.39 is 0 Å². The molecule has 1 aliphatic carbocycles. The highest BCUT2D eigenvalue weighted by Gasteiger charge is 2.30. The molecule has 0 unspecified atom stereocenters. The summed E-state index contributed by atoms with van der Waals surface area (Å²) in [6.07, 6.45) is 1.98. The molecule has 13 heavy (non-hydrogen) atoms. The van der Waals surface area contributed by atoms with Gasteiger partial charge in [0, 0.05) is 5.41 Å². The van der Waals surface area contributed by atoms with Crippen LogP contribution in [0.5, 0.6) is 0 Å². The van der Waals surface area contributed by atoms with Crippen LogP contribution in [0, 0.1) is 23.2 Å². The van der Waals surface area contributed by atoms with E-state index in [4.69, 9.17) is 4.74 Å². The lowest BCUT2D eigenvalue weighted by Gasteiger charge is -2.06. The van der Waals surface area contributed by atoms with Crippen molar-refractivity contribution in [2.75, 3.05) is 6.61 Å². The number of rotatable bonds is 2. The lowest BCUT2D eigenvalue weighted by atomic mass is 9.98. The molecule has 72 valence electrons. The first-order chi connectivity index (χ1) is 5.99. The zero-order valence-corrected chi connectivity index (χ0v) is 8.52. The van der Waals surface area contributed by atoms with Gasteiger partial charge in [0.05, 0.1) is 5.92 Å². The Balaban J connectivity index is 2.18. The first-order valence-corrected chi connectivity index (χ1v) is 4.66. The van der Waals surface area contributed by atoms with Crippen molar-refractivity contribution in [3.63, 3.8) is 0 Å². The Kier molecular flexibility index (Phi) is 2.98. The van der Waals surface area contributed by atoms with Crippen LogP contribution in [0.3, 0.4) is 0 Å². The third kappa shape index (κ3) is 4.57. The van der Waals surface area contributed by atoms with Gasteiger partial charge in [0.1, 0.15) is 0 Å². The number of ether oxygens (including phenoxy) is 1. The van der Waals surface area contributed by atoms with Crippen molar-refractivity contribution in [2.24, 2.45) is 11.3 Å². The molecule has 1 rings (SSSR count). The van der Waals surface area contributed by atoms with Gasteiger partial charge < -0.3 is 4.74 Å². The van der Waals surface area contributed by atoms with Crippen LogP contribution >= 0.6 is 0 Å².